The monoisotopic (exact) mass is 348 g/mol. The van der Waals surface area contributed by atoms with Crippen LogP contribution in [0, 0.1) is 6.92 Å². The predicted molar refractivity (Wildman–Crippen MR) is 85.1 cm³/mol. The molecule has 0 fully saturated rings. The highest BCUT2D eigenvalue weighted by molar-refractivity contribution is 9.10. The van der Waals surface area contributed by atoms with Gasteiger partial charge in [0.25, 0.3) is 0 Å². The molecule has 0 spiro atoms. The first-order chi connectivity index (χ1) is 10.1. The highest BCUT2D eigenvalue weighted by Gasteiger charge is 2.11. The summed E-state index contributed by atoms with van der Waals surface area (Å²) in [5.41, 5.74) is 2.22. The number of rotatable bonds is 5. The third kappa shape index (κ3) is 3.01. The van der Waals surface area contributed by atoms with Gasteiger partial charge in [0.1, 0.15) is 10.4 Å². The van der Waals surface area contributed by atoms with Gasteiger partial charge in [0, 0.05) is 19.2 Å². The van der Waals surface area contributed by atoms with Crippen molar-refractivity contribution in [3.63, 3.8) is 0 Å². The number of hydrogen-bond donors (Lipinski definition) is 1. The summed E-state index contributed by atoms with van der Waals surface area (Å²) in [6.07, 6.45) is 0. The van der Waals surface area contributed by atoms with Gasteiger partial charge >= 0.3 is 0 Å². The smallest absolute Gasteiger partial charge is 0.154 e. The second kappa shape index (κ2) is 5.99. The molecular formula is C15H17BrN4O. The summed E-state index contributed by atoms with van der Waals surface area (Å²) in [5, 5.41) is 7.28. The Hall–Kier alpha value is -1.66. The molecule has 0 bridgehead atoms. The van der Waals surface area contributed by atoms with E-state index in [1.165, 1.54) is 5.52 Å². The largest absolute Gasteiger partial charge is 0.359 e. The molecule has 21 heavy (non-hydrogen) atoms. The molecule has 2 aromatic heterocycles. The number of aryl methyl sites for hydroxylation is 1. The topological polar surface area (TPSA) is 55.9 Å². The summed E-state index contributed by atoms with van der Waals surface area (Å²) in [6.45, 7) is 5.80. The van der Waals surface area contributed by atoms with E-state index in [0.29, 0.717) is 0 Å². The second-order valence-electron chi connectivity index (χ2n) is 5.03. The van der Waals surface area contributed by atoms with Crippen LogP contribution in [0.4, 0.5) is 0 Å². The summed E-state index contributed by atoms with van der Waals surface area (Å²) >= 11 is 3.29. The van der Waals surface area contributed by atoms with Gasteiger partial charge in [-0.1, -0.05) is 17.3 Å². The van der Waals surface area contributed by atoms with Crippen molar-refractivity contribution in [2.45, 2.75) is 26.4 Å². The van der Waals surface area contributed by atoms with Crippen LogP contribution in [-0.4, -0.2) is 21.3 Å². The van der Waals surface area contributed by atoms with E-state index in [9.17, 15) is 0 Å². The molecule has 0 aliphatic rings. The maximum Gasteiger partial charge on any atom is 0.154 e. The van der Waals surface area contributed by atoms with Crippen LogP contribution in [0.2, 0.25) is 0 Å². The van der Waals surface area contributed by atoms with Crippen LogP contribution in [0.1, 0.15) is 24.6 Å². The van der Waals surface area contributed by atoms with Crippen LogP contribution in [0.15, 0.2) is 39.5 Å². The maximum absolute atomic E-state index is 5.23. The molecule has 3 rings (SSSR count). The van der Waals surface area contributed by atoms with E-state index >= 15 is 0 Å². The lowest BCUT2D eigenvalue weighted by molar-refractivity contribution is 0.342. The summed E-state index contributed by atoms with van der Waals surface area (Å²) in [6, 6.07) is 10.2. The molecule has 1 N–H and O–H groups in total. The van der Waals surface area contributed by atoms with Gasteiger partial charge in [0.2, 0.25) is 0 Å². The molecule has 5 nitrogen and oxygen atoms in total. The summed E-state index contributed by atoms with van der Waals surface area (Å²) in [7, 11) is 0. The van der Waals surface area contributed by atoms with E-state index < -0.39 is 0 Å². The molecule has 0 aliphatic heterocycles. The third-order valence-electron chi connectivity index (χ3n) is 3.56. The molecule has 6 heteroatoms. The lowest BCUT2D eigenvalue weighted by Crippen LogP contribution is -2.23. The van der Waals surface area contributed by atoms with Gasteiger partial charge in [-0.2, -0.15) is 0 Å². The number of imidazole rings is 1. The quantitative estimate of drug-likeness (QED) is 0.767. The van der Waals surface area contributed by atoms with Crippen molar-refractivity contribution in [3.05, 3.63) is 46.5 Å². The number of para-hydroxylation sites is 2. The van der Waals surface area contributed by atoms with E-state index in [1.807, 2.05) is 31.2 Å². The zero-order valence-electron chi connectivity index (χ0n) is 12.0. The summed E-state index contributed by atoms with van der Waals surface area (Å²) < 4.78 is 8.18. The standard InChI is InChI=1S/C15H17BrN4O/c1-10(14-9-15(16)19-21-14)17-7-8-20-11(2)18-12-5-3-4-6-13(12)20/h3-6,9-10,17H,7-8H2,1-2H3. The van der Waals surface area contributed by atoms with Gasteiger partial charge in [-0.3, -0.25) is 0 Å². The van der Waals surface area contributed by atoms with Crippen LogP contribution in [0.25, 0.3) is 11.0 Å². The minimum Gasteiger partial charge on any atom is -0.359 e. The molecule has 0 aliphatic carbocycles. The Morgan fingerprint density at radius 2 is 2.19 bits per heavy atom. The van der Waals surface area contributed by atoms with Gasteiger partial charge in [0.05, 0.1) is 17.1 Å². The Bertz CT molecular complexity index is 749. The molecular weight excluding hydrogens is 332 g/mol. The minimum atomic E-state index is 0.124. The average molecular weight is 349 g/mol. The summed E-state index contributed by atoms with van der Waals surface area (Å²) in [5.74, 6) is 1.86. The first-order valence-corrected chi connectivity index (χ1v) is 7.72. The van der Waals surface area contributed by atoms with E-state index in [-0.39, 0.29) is 6.04 Å². The van der Waals surface area contributed by atoms with Crippen LogP contribution in [0.5, 0.6) is 0 Å². The molecule has 0 saturated heterocycles. The van der Waals surface area contributed by atoms with Crippen LogP contribution < -0.4 is 5.32 Å². The van der Waals surface area contributed by atoms with Gasteiger partial charge < -0.3 is 14.4 Å². The SMILES string of the molecule is Cc1nc2ccccc2n1CCNC(C)c1cc(Br)no1. The van der Waals surface area contributed by atoms with Gasteiger partial charge in [-0.25, -0.2) is 4.98 Å². The van der Waals surface area contributed by atoms with E-state index in [4.69, 9.17) is 4.52 Å². The van der Waals surface area contributed by atoms with Crippen molar-refractivity contribution in [1.82, 2.24) is 20.0 Å². The first-order valence-electron chi connectivity index (χ1n) is 6.92. The van der Waals surface area contributed by atoms with E-state index in [0.717, 1.165) is 34.8 Å². The van der Waals surface area contributed by atoms with Gasteiger partial charge in [0.15, 0.2) is 5.76 Å². The van der Waals surface area contributed by atoms with Gasteiger partial charge in [-0.15, -0.1) is 0 Å². The van der Waals surface area contributed by atoms with Crippen LogP contribution >= 0.6 is 15.9 Å². The second-order valence-corrected chi connectivity index (χ2v) is 5.84. The lowest BCUT2D eigenvalue weighted by Gasteiger charge is -2.12. The molecule has 3 aromatic rings. The van der Waals surface area contributed by atoms with Crippen molar-refractivity contribution in [1.29, 1.82) is 0 Å². The Balaban J connectivity index is 1.65. The fourth-order valence-electron chi connectivity index (χ4n) is 2.44. The van der Waals surface area contributed by atoms with Crippen LogP contribution in [0.3, 0.4) is 0 Å². The number of hydrogen-bond acceptors (Lipinski definition) is 4. The number of halogens is 1. The number of fused-ring (bicyclic) bond motifs is 1. The van der Waals surface area contributed by atoms with Crippen molar-refractivity contribution in [2.24, 2.45) is 0 Å². The van der Waals surface area contributed by atoms with Crippen molar-refractivity contribution < 1.29 is 4.52 Å². The Morgan fingerprint density at radius 1 is 1.38 bits per heavy atom. The fraction of sp³-hybridized carbons (Fsp3) is 0.333. The molecule has 0 radical (unpaired) electrons. The van der Waals surface area contributed by atoms with Crippen molar-refractivity contribution >= 4 is 27.0 Å². The molecule has 0 saturated carbocycles. The molecule has 1 unspecified atom stereocenters. The highest BCUT2D eigenvalue weighted by Crippen LogP contribution is 2.18. The number of aromatic nitrogens is 3. The summed E-state index contributed by atoms with van der Waals surface area (Å²) in [4.78, 5) is 4.57. The van der Waals surface area contributed by atoms with E-state index in [2.05, 4.69) is 48.9 Å². The first kappa shape index (κ1) is 14.3. The number of nitrogens with zero attached hydrogens (tertiary/aromatic N) is 3. The fourth-order valence-corrected chi connectivity index (χ4v) is 2.74. The lowest BCUT2D eigenvalue weighted by atomic mass is 10.2. The Labute approximate surface area is 131 Å². The zero-order valence-corrected chi connectivity index (χ0v) is 13.6. The maximum atomic E-state index is 5.23. The molecule has 0 amide bonds. The molecule has 110 valence electrons. The zero-order chi connectivity index (χ0) is 14.8. The predicted octanol–water partition coefficient (Wildman–Crippen LogP) is 3.45. The Kier molecular flexibility index (Phi) is 4.07. The van der Waals surface area contributed by atoms with Gasteiger partial charge in [-0.05, 0) is 41.9 Å². The van der Waals surface area contributed by atoms with Crippen molar-refractivity contribution in [2.75, 3.05) is 6.54 Å². The molecule has 2 heterocycles. The minimum absolute atomic E-state index is 0.124. The Morgan fingerprint density at radius 3 is 2.95 bits per heavy atom. The number of benzene rings is 1. The highest BCUT2D eigenvalue weighted by atomic mass is 79.9. The number of nitrogens with one attached hydrogen (secondary N) is 1. The van der Waals surface area contributed by atoms with Crippen LogP contribution in [-0.2, 0) is 6.54 Å². The molecule has 1 atom stereocenters. The van der Waals surface area contributed by atoms with Crippen molar-refractivity contribution in [3.8, 4) is 0 Å². The normalized spacial score (nSPS) is 12.9. The van der Waals surface area contributed by atoms with E-state index in [1.54, 1.807) is 0 Å². The molecule has 1 aromatic carbocycles. The average Bonchev–Trinajstić information content (AvgIpc) is 3.03. The third-order valence-corrected chi connectivity index (χ3v) is 3.93.